The number of nitrogens with two attached hydrogens (primary N) is 1. The molecule has 0 heterocycles. The third-order valence-corrected chi connectivity index (χ3v) is 3.30. The monoisotopic (exact) mass is 235 g/mol. The molecule has 1 fully saturated rings. The fraction of sp³-hybridized carbons (Fsp3) is 0.571. The molecule has 2 rings (SSSR count). The van der Waals surface area contributed by atoms with Crippen LogP contribution in [0.2, 0.25) is 0 Å². The third kappa shape index (κ3) is 2.72. The Hall–Kier alpha value is -1.22. The number of benzene rings is 1. The molecule has 0 amide bonds. The van der Waals surface area contributed by atoms with Crippen LogP contribution < -0.4 is 15.2 Å². The first kappa shape index (κ1) is 12.2. The second-order valence-electron chi connectivity index (χ2n) is 4.60. The maximum absolute atomic E-state index is 5.67. The summed E-state index contributed by atoms with van der Waals surface area (Å²) in [5, 5.41) is 0. The summed E-state index contributed by atoms with van der Waals surface area (Å²) < 4.78 is 11.0. The average Bonchev–Trinajstić information content (AvgIpc) is 3.15. The lowest BCUT2D eigenvalue weighted by molar-refractivity contribution is 0.294. The molecule has 0 aromatic heterocycles. The van der Waals surface area contributed by atoms with E-state index < -0.39 is 0 Å². The standard InChI is InChI=1S/C14H21NO2/c1-3-6-17-13-5-4-10(8-14(13)16-2)12-7-11(12)9-15/h4-5,8,11-12H,3,6-7,9,15H2,1-2H3. The molecule has 3 nitrogen and oxygen atoms in total. The summed E-state index contributed by atoms with van der Waals surface area (Å²) >= 11 is 0. The Bertz CT molecular complexity index is 378. The van der Waals surface area contributed by atoms with Crippen molar-refractivity contribution in [2.24, 2.45) is 11.7 Å². The maximum atomic E-state index is 5.67. The summed E-state index contributed by atoms with van der Waals surface area (Å²) in [6.45, 7) is 3.60. The molecular weight excluding hydrogens is 214 g/mol. The van der Waals surface area contributed by atoms with Crippen molar-refractivity contribution in [1.29, 1.82) is 0 Å². The molecule has 1 saturated carbocycles. The van der Waals surface area contributed by atoms with Gasteiger partial charge >= 0.3 is 0 Å². The molecule has 1 aromatic rings. The van der Waals surface area contributed by atoms with Gasteiger partial charge in [-0.15, -0.1) is 0 Å². The molecule has 1 aliphatic rings. The molecule has 0 radical (unpaired) electrons. The third-order valence-electron chi connectivity index (χ3n) is 3.30. The molecule has 2 N–H and O–H groups in total. The largest absolute Gasteiger partial charge is 0.493 e. The molecule has 17 heavy (non-hydrogen) atoms. The summed E-state index contributed by atoms with van der Waals surface area (Å²) in [6.07, 6.45) is 2.21. The molecule has 0 saturated heterocycles. The average molecular weight is 235 g/mol. The van der Waals surface area contributed by atoms with Crippen molar-refractivity contribution < 1.29 is 9.47 Å². The van der Waals surface area contributed by atoms with Gasteiger partial charge in [-0.1, -0.05) is 13.0 Å². The molecule has 2 unspecified atom stereocenters. The summed E-state index contributed by atoms with van der Waals surface area (Å²) in [6, 6.07) is 6.23. The highest BCUT2D eigenvalue weighted by molar-refractivity contribution is 5.45. The number of ether oxygens (including phenoxy) is 2. The SMILES string of the molecule is CCCOc1ccc(C2CC2CN)cc1OC. The van der Waals surface area contributed by atoms with Crippen LogP contribution in [0.1, 0.15) is 31.2 Å². The van der Waals surface area contributed by atoms with Gasteiger partial charge in [0.05, 0.1) is 13.7 Å². The molecule has 0 spiro atoms. The predicted molar refractivity (Wildman–Crippen MR) is 68.7 cm³/mol. The van der Waals surface area contributed by atoms with E-state index in [9.17, 15) is 0 Å². The van der Waals surface area contributed by atoms with Gasteiger partial charge < -0.3 is 15.2 Å². The molecule has 0 bridgehead atoms. The summed E-state index contributed by atoms with van der Waals surface area (Å²) in [7, 11) is 1.69. The minimum Gasteiger partial charge on any atom is -0.493 e. The van der Waals surface area contributed by atoms with E-state index in [1.54, 1.807) is 7.11 Å². The van der Waals surface area contributed by atoms with E-state index in [4.69, 9.17) is 15.2 Å². The van der Waals surface area contributed by atoms with E-state index >= 15 is 0 Å². The van der Waals surface area contributed by atoms with Crippen molar-refractivity contribution >= 4 is 0 Å². The minimum absolute atomic E-state index is 0.620. The van der Waals surface area contributed by atoms with Gasteiger partial charge in [0.2, 0.25) is 0 Å². The normalized spacial score (nSPS) is 22.3. The zero-order chi connectivity index (χ0) is 12.3. The van der Waals surface area contributed by atoms with Crippen molar-refractivity contribution in [2.75, 3.05) is 20.3 Å². The topological polar surface area (TPSA) is 44.5 Å². The Kier molecular flexibility index (Phi) is 3.89. The van der Waals surface area contributed by atoms with E-state index in [0.29, 0.717) is 11.8 Å². The molecular formula is C14H21NO2. The summed E-state index contributed by atoms with van der Waals surface area (Å²) in [4.78, 5) is 0. The van der Waals surface area contributed by atoms with Crippen LogP contribution in [0.3, 0.4) is 0 Å². The van der Waals surface area contributed by atoms with E-state index in [0.717, 1.165) is 31.1 Å². The highest BCUT2D eigenvalue weighted by Crippen LogP contribution is 2.48. The fourth-order valence-electron chi connectivity index (χ4n) is 2.16. The summed E-state index contributed by atoms with van der Waals surface area (Å²) in [5.41, 5.74) is 6.99. The van der Waals surface area contributed by atoms with E-state index in [-0.39, 0.29) is 0 Å². The van der Waals surface area contributed by atoms with Crippen LogP contribution in [-0.2, 0) is 0 Å². The molecule has 0 aliphatic heterocycles. The maximum Gasteiger partial charge on any atom is 0.161 e. The van der Waals surface area contributed by atoms with Gasteiger partial charge in [-0.25, -0.2) is 0 Å². The summed E-state index contributed by atoms with van der Waals surface area (Å²) in [5.74, 6) is 2.94. The van der Waals surface area contributed by atoms with Gasteiger partial charge in [0.25, 0.3) is 0 Å². The van der Waals surface area contributed by atoms with Crippen molar-refractivity contribution in [3.05, 3.63) is 23.8 Å². The van der Waals surface area contributed by atoms with Crippen LogP contribution in [0.5, 0.6) is 11.5 Å². The van der Waals surface area contributed by atoms with Crippen LogP contribution in [0.4, 0.5) is 0 Å². The lowest BCUT2D eigenvalue weighted by atomic mass is 10.1. The van der Waals surface area contributed by atoms with Crippen molar-refractivity contribution in [2.45, 2.75) is 25.7 Å². The molecule has 3 heteroatoms. The lowest BCUT2D eigenvalue weighted by Gasteiger charge is -2.11. The Morgan fingerprint density at radius 1 is 1.35 bits per heavy atom. The Morgan fingerprint density at radius 3 is 2.76 bits per heavy atom. The van der Waals surface area contributed by atoms with Gasteiger partial charge in [0.15, 0.2) is 11.5 Å². The van der Waals surface area contributed by atoms with Crippen molar-refractivity contribution in [3.8, 4) is 11.5 Å². The van der Waals surface area contributed by atoms with Crippen LogP contribution in [-0.4, -0.2) is 20.3 Å². The van der Waals surface area contributed by atoms with Gasteiger partial charge in [-0.3, -0.25) is 0 Å². The van der Waals surface area contributed by atoms with E-state index in [2.05, 4.69) is 19.1 Å². The highest BCUT2D eigenvalue weighted by Gasteiger charge is 2.37. The molecule has 94 valence electrons. The second kappa shape index (κ2) is 5.41. The lowest BCUT2D eigenvalue weighted by Crippen LogP contribution is -2.02. The number of methoxy groups -OCH3 is 1. The molecule has 2 atom stereocenters. The zero-order valence-corrected chi connectivity index (χ0v) is 10.6. The second-order valence-corrected chi connectivity index (χ2v) is 4.60. The number of hydrogen-bond acceptors (Lipinski definition) is 3. The van der Waals surface area contributed by atoms with Crippen LogP contribution >= 0.6 is 0 Å². The van der Waals surface area contributed by atoms with Crippen LogP contribution in [0.15, 0.2) is 18.2 Å². The predicted octanol–water partition coefficient (Wildman–Crippen LogP) is 2.55. The first-order valence-corrected chi connectivity index (χ1v) is 6.31. The van der Waals surface area contributed by atoms with Gasteiger partial charge in [0, 0.05) is 0 Å². The Balaban J connectivity index is 2.11. The first-order chi connectivity index (χ1) is 8.30. The van der Waals surface area contributed by atoms with Crippen molar-refractivity contribution in [3.63, 3.8) is 0 Å². The van der Waals surface area contributed by atoms with Gasteiger partial charge in [-0.05, 0) is 48.9 Å². The minimum atomic E-state index is 0.620. The van der Waals surface area contributed by atoms with Crippen molar-refractivity contribution in [1.82, 2.24) is 0 Å². The smallest absolute Gasteiger partial charge is 0.161 e. The highest BCUT2D eigenvalue weighted by atomic mass is 16.5. The van der Waals surface area contributed by atoms with Gasteiger partial charge in [-0.2, -0.15) is 0 Å². The van der Waals surface area contributed by atoms with Crippen LogP contribution in [0.25, 0.3) is 0 Å². The number of hydrogen-bond donors (Lipinski definition) is 1. The van der Waals surface area contributed by atoms with Crippen LogP contribution in [0, 0.1) is 5.92 Å². The molecule has 1 aromatic carbocycles. The zero-order valence-electron chi connectivity index (χ0n) is 10.6. The Labute approximate surface area is 103 Å². The van der Waals surface area contributed by atoms with E-state index in [1.807, 2.05) is 6.07 Å². The first-order valence-electron chi connectivity index (χ1n) is 6.31. The quantitative estimate of drug-likeness (QED) is 0.824. The number of rotatable bonds is 6. The Morgan fingerprint density at radius 2 is 2.18 bits per heavy atom. The molecule has 1 aliphatic carbocycles. The van der Waals surface area contributed by atoms with Gasteiger partial charge in [0.1, 0.15) is 0 Å². The fourth-order valence-corrected chi connectivity index (χ4v) is 2.16. The van der Waals surface area contributed by atoms with E-state index in [1.165, 1.54) is 12.0 Å².